The molecule has 180 valence electrons. The first-order valence-electron chi connectivity index (χ1n) is 10.4. The van der Waals surface area contributed by atoms with E-state index in [1.807, 2.05) is 13.8 Å². The lowest BCUT2D eigenvalue weighted by Gasteiger charge is -2.18. The van der Waals surface area contributed by atoms with Gasteiger partial charge in [-0.2, -0.15) is 0 Å². The van der Waals surface area contributed by atoms with E-state index in [-0.39, 0.29) is 41.9 Å². The summed E-state index contributed by atoms with van der Waals surface area (Å²) in [7, 11) is 2.68. The molecule has 1 aromatic carbocycles. The number of aromatic nitrogens is 3. The van der Waals surface area contributed by atoms with Gasteiger partial charge >= 0.3 is 7.12 Å². The molecule has 2 aromatic rings. The van der Waals surface area contributed by atoms with Gasteiger partial charge in [0, 0.05) is 6.54 Å². The first-order valence-corrected chi connectivity index (χ1v) is 10.4. The molecule has 0 spiro atoms. The van der Waals surface area contributed by atoms with Crippen LogP contribution in [0, 0.1) is 5.92 Å². The third-order valence-corrected chi connectivity index (χ3v) is 4.75. The van der Waals surface area contributed by atoms with Crippen molar-refractivity contribution in [1.29, 1.82) is 0 Å². The molecule has 0 bridgehead atoms. The Kier molecular flexibility index (Phi) is 9.49. The Morgan fingerprint density at radius 3 is 2.36 bits per heavy atom. The van der Waals surface area contributed by atoms with E-state index in [0.717, 1.165) is 0 Å². The standard InChI is InChI=1S/C20H30BN5O7/c1-12(2)10-16(21(29)30)23-20(28)14-11-26(25-24-14)9-8-22-19(27)13-6-7-15(31-3)18(33-5)17(13)32-4/h6-7,11-12,16,29-30H,8-10H2,1-5H3,(H,22,27)(H,23,28). The van der Waals surface area contributed by atoms with Gasteiger partial charge in [0.1, 0.15) is 0 Å². The van der Waals surface area contributed by atoms with Crippen LogP contribution >= 0.6 is 0 Å². The molecule has 0 aliphatic heterocycles. The second-order valence-electron chi connectivity index (χ2n) is 7.63. The lowest BCUT2D eigenvalue weighted by molar-refractivity contribution is 0.0929. The van der Waals surface area contributed by atoms with Crippen LogP contribution in [0.4, 0.5) is 0 Å². The van der Waals surface area contributed by atoms with E-state index in [1.54, 1.807) is 12.1 Å². The van der Waals surface area contributed by atoms with Crippen LogP contribution in [0.2, 0.25) is 0 Å². The Morgan fingerprint density at radius 1 is 1.09 bits per heavy atom. The fourth-order valence-electron chi connectivity index (χ4n) is 3.18. The number of methoxy groups -OCH3 is 3. The summed E-state index contributed by atoms with van der Waals surface area (Å²) < 4.78 is 17.2. The minimum absolute atomic E-state index is 0.0253. The van der Waals surface area contributed by atoms with Crippen molar-refractivity contribution in [2.24, 2.45) is 5.92 Å². The molecule has 0 aliphatic rings. The molecular weight excluding hydrogens is 433 g/mol. The molecule has 0 saturated heterocycles. The summed E-state index contributed by atoms with van der Waals surface area (Å²) in [4.78, 5) is 25.0. The third kappa shape index (κ3) is 6.83. The molecule has 1 atom stereocenters. The SMILES string of the molecule is COc1ccc(C(=O)NCCn2cc(C(=O)NC(CC(C)C)B(O)O)nn2)c(OC)c1OC. The van der Waals surface area contributed by atoms with E-state index < -0.39 is 19.0 Å². The van der Waals surface area contributed by atoms with Crippen LogP contribution in [-0.4, -0.2) is 77.8 Å². The number of hydrogen-bond donors (Lipinski definition) is 4. The van der Waals surface area contributed by atoms with Crippen LogP contribution in [0.3, 0.4) is 0 Å². The Hall–Kier alpha value is -3.32. The van der Waals surface area contributed by atoms with E-state index in [1.165, 1.54) is 32.2 Å². The second-order valence-corrected chi connectivity index (χ2v) is 7.63. The first-order chi connectivity index (χ1) is 15.7. The Morgan fingerprint density at radius 2 is 1.79 bits per heavy atom. The second kappa shape index (κ2) is 12.1. The van der Waals surface area contributed by atoms with Gasteiger partial charge in [-0.3, -0.25) is 9.59 Å². The molecule has 12 nitrogen and oxygen atoms in total. The average molecular weight is 463 g/mol. The van der Waals surface area contributed by atoms with Crippen molar-refractivity contribution in [2.45, 2.75) is 32.8 Å². The summed E-state index contributed by atoms with van der Waals surface area (Å²) >= 11 is 0. The maximum atomic E-state index is 12.6. The molecule has 33 heavy (non-hydrogen) atoms. The van der Waals surface area contributed by atoms with Gasteiger partial charge in [0.2, 0.25) is 5.75 Å². The quantitative estimate of drug-likeness (QED) is 0.315. The van der Waals surface area contributed by atoms with Crippen molar-refractivity contribution < 1.29 is 33.8 Å². The minimum Gasteiger partial charge on any atom is -0.493 e. The van der Waals surface area contributed by atoms with E-state index >= 15 is 0 Å². The van der Waals surface area contributed by atoms with Gasteiger partial charge in [0.15, 0.2) is 17.2 Å². The molecule has 0 fully saturated rings. The highest BCUT2D eigenvalue weighted by molar-refractivity contribution is 6.43. The van der Waals surface area contributed by atoms with Crippen molar-refractivity contribution in [1.82, 2.24) is 25.6 Å². The minimum atomic E-state index is -1.69. The number of benzene rings is 1. The number of hydrogen-bond acceptors (Lipinski definition) is 9. The molecule has 13 heteroatoms. The lowest BCUT2D eigenvalue weighted by atomic mass is 9.75. The van der Waals surface area contributed by atoms with Crippen LogP contribution in [0.15, 0.2) is 18.3 Å². The highest BCUT2D eigenvalue weighted by Gasteiger charge is 2.27. The summed E-state index contributed by atoms with van der Waals surface area (Å²) in [5, 5.41) is 31.9. The normalized spacial score (nSPS) is 11.6. The first kappa shape index (κ1) is 25.9. The highest BCUT2D eigenvalue weighted by Crippen LogP contribution is 2.39. The maximum Gasteiger partial charge on any atom is 0.475 e. The number of carbonyl (C=O) groups excluding carboxylic acids is 2. The van der Waals surface area contributed by atoms with E-state index in [0.29, 0.717) is 17.9 Å². The number of rotatable bonds is 12. The Bertz CT molecular complexity index is 951. The zero-order chi connectivity index (χ0) is 24.5. The van der Waals surface area contributed by atoms with E-state index in [4.69, 9.17) is 14.2 Å². The molecule has 1 heterocycles. The summed E-state index contributed by atoms with van der Waals surface area (Å²) in [6.07, 6.45) is 1.80. The van der Waals surface area contributed by atoms with Gasteiger partial charge in [-0.25, -0.2) is 4.68 Å². The number of nitrogens with one attached hydrogen (secondary N) is 2. The molecule has 4 N–H and O–H groups in total. The van der Waals surface area contributed by atoms with Gasteiger partial charge in [-0.1, -0.05) is 19.1 Å². The molecule has 2 rings (SSSR count). The average Bonchev–Trinajstić information content (AvgIpc) is 3.25. The van der Waals surface area contributed by atoms with Crippen molar-refractivity contribution in [3.63, 3.8) is 0 Å². The molecule has 0 saturated carbocycles. The van der Waals surface area contributed by atoms with Crippen molar-refractivity contribution in [2.75, 3.05) is 27.9 Å². The van der Waals surface area contributed by atoms with E-state index in [2.05, 4.69) is 20.9 Å². The van der Waals surface area contributed by atoms with Gasteiger partial charge in [0.25, 0.3) is 11.8 Å². The van der Waals surface area contributed by atoms with Crippen LogP contribution in [0.5, 0.6) is 17.2 Å². The Labute approximate surface area is 192 Å². The predicted molar refractivity (Wildman–Crippen MR) is 119 cm³/mol. The van der Waals surface area contributed by atoms with E-state index in [9.17, 15) is 19.6 Å². The third-order valence-electron chi connectivity index (χ3n) is 4.75. The number of amides is 2. The summed E-state index contributed by atoms with van der Waals surface area (Å²) in [6.45, 7) is 4.26. The van der Waals surface area contributed by atoms with Crippen LogP contribution < -0.4 is 24.8 Å². The summed E-state index contributed by atoms with van der Waals surface area (Å²) in [5.41, 5.74) is 0.296. The van der Waals surface area contributed by atoms with Crippen LogP contribution in [0.1, 0.15) is 41.1 Å². The predicted octanol–water partition coefficient (Wildman–Crippen LogP) is -0.110. The zero-order valence-corrected chi connectivity index (χ0v) is 19.4. The fraction of sp³-hybridized carbons (Fsp3) is 0.500. The van der Waals surface area contributed by atoms with Crippen LogP contribution in [0.25, 0.3) is 0 Å². The lowest BCUT2D eigenvalue weighted by Crippen LogP contribution is -2.47. The van der Waals surface area contributed by atoms with Gasteiger partial charge in [-0.05, 0) is 24.5 Å². The molecular formula is C20H30BN5O7. The molecule has 0 aliphatic carbocycles. The van der Waals surface area contributed by atoms with Gasteiger partial charge in [-0.15, -0.1) is 5.10 Å². The number of nitrogens with zero attached hydrogens (tertiary/aromatic N) is 3. The topological polar surface area (TPSA) is 157 Å². The van der Waals surface area contributed by atoms with Crippen LogP contribution in [-0.2, 0) is 6.54 Å². The van der Waals surface area contributed by atoms with Crippen molar-refractivity contribution in [3.05, 3.63) is 29.6 Å². The zero-order valence-electron chi connectivity index (χ0n) is 19.4. The summed E-state index contributed by atoms with van der Waals surface area (Å²) in [5.74, 6) is -0.638. The van der Waals surface area contributed by atoms with Gasteiger partial charge < -0.3 is 34.9 Å². The van der Waals surface area contributed by atoms with Gasteiger partial charge in [0.05, 0.1) is 45.6 Å². The Balaban J connectivity index is 1.97. The van der Waals surface area contributed by atoms with Crippen molar-refractivity contribution >= 4 is 18.9 Å². The maximum absolute atomic E-state index is 12.6. The summed E-state index contributed by atoms with van der Waals surface area (Å²) in [6, 6.07) is 3.17. The monoisotopic (exact) mass is 463 g/mol. The number of carbonyl (C=O) groups is 2. The smallest absolute Gasteiger partial charge is 0.475 e. The highest BCUT2D eigenvalue weighted by atomic mass is 16.5. The molecule has 1 aromatic heterocycles. The number of ether oxygens (including phenoxy) is 3. The largest absolute Gasteiger partial charge is 0.493 e. The molecule has 1 unspecified atom stereocenters. The molecule has 0 radical (unpaired) electrons. The molecule has 2 amide bonds. The van der Waals surface area contributed by atoms with Crippen molar-refractivity contribution in [3.8, 4) is 17.2 Å². The fourth-order valence-corrected chi connectivity index (χ4v) is 3.18.